The Bertz CT molecular complexity index is 2270. The minimum atomic E-state index is -4.23. The minimum Gasteiger partial charge on any atom is -0.207 e. The van der Waals surface area contributed by atoms with Gasteiger partial charge in [0.2, 0.25) is 30.1 Å². The van der Waals surface area contributed by atoms with E-state index in [9.17, 15) is 25.3 Å². The molecule has 0 N–H and O–H groups in total. The summed E-state index contributed by atoms with van der Waals surface area (Å²) in [6.07, 6.45) is 0. The maximum Gasteiger partial charge on any atom is 0.243 e. The lowest BCUT2D eigenvalue weighted by Crippen LogP contribution is -2.45. The van der Waals surface area contributed by atoms with Crippen LogP contribution in [0.25, 0.3) is 0 Å². The van der Waals surface area contributed by atoms with E-state index in [0.717, 1.165) is 50.1 Å². The van der Waals surface area contributed by atoms with Gasteiger partial charge in [-0.3, -0.25) is 0 Å². The van der Waals surface area contributed by atoms with E-state index in [2.05, 4.69) is 0 Å². The van der Waals surface area contributed by atoms with E-state index in [0.29, 0.717) is 0 Å². The normalized spacial score (nSPS) is 12.5. The molecule has 0 saturated heterocycles. The predicted molar refractivity (Wildman–Crippen MR) is 219 cm³/mol. The first-order valence-electron chi connectivity index (χ1n) is 18.2. The van der Waals surface area contributed by atoms with Crippen molar-refractivity contribution in [3.8, 4) is 0 Å². The second-order valence-corrected chi connectivity index (χ2v) is 20.1. The van der Waals surface area contributed by atoms with Crippen molar-refractivity contribution in [1.29, 1.82) is 0 Å². The van der Waals surface area contributed by atoms with Crippen LogP contribution >= 0.6 is 0 Å². The third-order valence-corrected chi connectivity index (χ3v) is 15.8. The Kier molecular flexibility index (Phi) is 13.2. The zero-order chi connectivity index (χ0) is 40.1. The number of hydrogen-bond acceptors (Lipinski definition) is 6. The smallest absolute Gasteiger partial charge is 0.207 e. The van der Waals surface area contributed by atoms with E-state index in [4.69, 9.17) is 0 Å². The summed E-state index contributed by atoms with van der Waals surface area (Å²) in [4.78, 5) is 0.228. The van der Waals surface area contributed by atoms with Crippen LogP contribution in [0.2, 0.25) is 0 Å². The molecule has 12 heteroatoms. The second kappa shape index (κ2) is 17.3. The van der Waals surface area contributed by atoms with Crippen LogP contribution in [0, 0.1) is 48.5 Å². The fourth-order valence-corrected chi connectivity index (χ4v) is 10.7. The third kappa shape index (κ3) is 9.80. The van der Waals surface area contributed by atoms with Gasteiger partial charge < -0.3 is 0 Å². The molecule has 0 amide bonds. The van der Waals surface area contributed by atoms with Gasteiger partial charge in [0.05, 0.1) is 14.7 Å². The van der Waals surface area contributed by atoms with Gasteiger partial charge in [-0.1, -0.05) is 89.5 Å². The summed E-state index contributed by atoms with van der Waals surface area (Å²) in [7, 11) is -12.4. The van der Waals surface area contributed by atoms with Crippen LogP contribution in [0.1, 0.15) is 50.1 Å². The predicted octanol–water partition coefficient (Wildman–Crippen LogP) is 7.62. The van der Waals surface area contributed by atoms with Gasteiger partial charge in [-0.05, 0) is 118 Å². The van der Waals surface area contributed by atoms with Crippen molar-refractivity contribution in [3.05, 3.63) is 159 Å². The van der Waals surface area contributed by atoms with Crippen molar-refractivity contribution in [2.45, 2.75) is 76.2 Å². The average Bonchev–Trinajstić information content (AvgIpc) is 3.13. The molecular weight excluding hydrogens is 751 g/mol. The quantitative estimate of drug-likeness (QED) is 0.102. The molecule has 0 fully saturated rings. The van der Waals surface area contributed by atoms with Crippen LogP contribution < -0.4 is 0 Å². The lowest BCUT2D eigenvalue weighted by atomic mass is 10.0. The van der Waals surface area contributed by atoms with Crippen molar-refractivity contribution in [1.82, 2.24) is 12.9 Å². The van der Waals surface area contributed by atoms with Crippen molar-refractivity contribution < 1.29 is 25.3 Å². The van der Waals surface area contributed by atoms with Crippen molar-refractivity contribution >= 4 is 30.1 Å². The zero-order valence-electron chi connectivity index (χ0n) is 32.7. The van der Waals surface area contributed by atoms with Gasteiger partial charge in [0.25, 0.3) is 0 Å². The molecule has 0 aliphatic rings. The SMILES string of the molecule is Cc1ccc(S(=O)(=O)N(CCN(Cc2c(C)cccc2C)S(=O)(=O)c2ccc(C)cc2)CCN(Cc2c(C)cccc2C)S(=O)(=O)c2ccc(C)cc2)cc1. The first-order chi connectivity index (χ1) is 25.9. The molecule has 5 rings (SSSR count). The highest BCUT2D eigenvalue weighted by atomic mass is 32.2. The highest BCUT2D eigenvalue weighted by Crippen LogP contribution is 2.26. The molecule has 0 radical (unpaired) electrons. The third-order valence-electron chi connectivity index (χ3n) is 10.1. The van der Waals surface area contributed by atoms with Crippen molar-refractivity contribution in [3.63, 3.8) is 0 Å². The molecule has 0 aromatic heterocycles. The lowest BCUT2D eigenvalue weighted by molar-refractivity contribution is 0.311. The van der Waals surface area contributed by atoms with E-state index < -0.39 is 30.1 Å². The summed E-state index contributed by atoms with van der Waals surface area (Å²) >= 11 is 0. The molecule has 5 aromatic rings. The molecule has 0 heterocycles. The molecule has 292 valence electrons. The highest BCUT2D eigenvalue weighted by Gasteiger charge is 2.32. The number of aryl methyl sites for hydroxylation is 7. The first kappa shape index (κ1) is 42.0. The highest BCUT2D eigenvalue weighted by molar-refractivity contribution is 7.89. The largest absolute Gasteiger partial charge is 0.243 e. The number of benzene rings is 5. The second-order valence-electron chi connectivity index (χ2n) is 14.3. The summed E-state index contributed by atoms with van der Waals surface area (Å²) in [6.45, 7) is 12.5. The average molecular weight is 802 g/mol. The van der Waals surface area contributed by atoms with Gasteiger partial charge in [0.15, 0.2) is 0 Å². The maximum atomic E-state index is 14.5. The van der Waals surface area contributed by atoms with Gasteiger partial charge in [-0.25, -0.2) is 25.3 Å². The van der Waals surface area contributed by atoms with Crippen LogP contribution in [0.4, 0.5) is 0 Å². The molecule has 0 atom stereocenters. The molecule has 0 saturated carbocycles. The fourth-order valence-electron chi connectivity index (χ4n) is 6.49. The molecular formula is C43H51N3O6S3. The fraction of sp³-hybridized carbons (Fsp3) is 0.302. The molecule has 0 aliphatic carbocycles. The van der Waals surface area contributed by atoms with Gasteiger partial charge in [-0.2, -0.15) is 12.9 Å². The number of nitrogens with zero attached hydrogens (tertiary/aromatic N) is 3. The van der Waals surface area contributed by atoms with E-state index in [1.807, 2.05) is 84.9 Å². The standard InChI is InChI=1S/C43H51N3O6S3/c1-32-14-20-39(21-15-32)53(47,48)44(26-28-45(30-42-35(4)10-8-11-36(42)5)54(49,50)40-22-16-33(2)17-23-40)27-29-46(31-43-37(6)12-9-13-38(43)7)55(51,52)41-24-18-34(3)19-25-41/h8-25H,26-31H2,1-7H3. The van der Waals surface area contributed by atoms with Crippen LogP contribution in [0.15, 0.2) is 124 Å². The van der Waals surface area contributed by atoms with Crippen molar-refractivity contribution in [2.24, 2.45) is 0 Å². The van der Waals surface area contributed by atoms with Crippen LogP contribution in [-0.2, 0) is 43.2 Å². The Hall–Kier alpha value is -4.17. The Morgan fingerprint density at radius 2 is 0.582 bits per heavy atom. The Labute approximate surface area is 328 Å². The van der Waals surface area contributed by atoms with E-state index in [1.165, 1.54) is 25.0 Å². The topological polar surface area (TPSA) is 112 Å². The Morgan fingerprint density at radius 1 is 0.345 bits per heavy atom. The summed E-state index contributed by atoms with van der Waals surface area (Å²) in [5.74, 6) is 0. The molecule has 5 aromatic carbocycles. The van der Waals surface area contributed by atoms with Crippen LogP contribution in [0.5, 0.6) is 0 Å². The van der Waals surface area contributed by atoms with Crippen LogP contribution in [0.3, 0.4) is 0 Å². The molecule has 0 unspecified atom stereocenters. The van der Waals surface area contributed by atoms with Gasteiger partial charge in [-0.15, -0.1) is 0 Å². The van der Waals surface area contributed by atoms with E-state index in [1.54, 1.807) is 60.7 Å². The number of sulfonamides is 3. The van der Waals surface area contributed by atoms with Gasteiger partial charge in [0.1, 0.15) is 0 Å². The Morgan fingerprint density at radius 3 is 0.855 bits per heavy atom. The van der Waals surface area contributed by atoms with E-state index >= 15 is 0 Å². The number of rotatable bonds is 16. The zero-order valence-corrected chi connectivity index (χ0v) is 35.1. The Balaban J connectivity index is 1.56. The van der Waals surface area contributed by atoms with Gasteiger partial charge >= 0.3 is 0 Å². The number of hydrogen-bond donors (Lipinski definition) is 0. The molecule has 0 bridgehead atoms. The monoisotopic (exact) mass is 801 g/mol. The summed E-state index contributed by atoms with van der Waals surface area (Å²) in [5.41, 5.74) is 7.99. The van der Waals surface area contributed by atoms with Crippen LogP contribution in [-0.4, -0.2) is 64.3 Å². The lowest BCUT2D eigenvalue weighted by Gasteiger charge is -2.30. The van der Waals surface area contributed by atoms with Crippen molar-refractivity contribution in [2.75, 3.05) is 26.2 Å². The maximum absolute atomic E-state index is 14.5. The van der Waals surface area contributed by atoms with E-state index in [-0.39, 0.29) is 54.0 Å². The first-order valence-corrected chi connectivity index (χ1v) is 22.5. The summed E-state index contributed by atoms with van der Waals surface area (Å²) in [5, 5.41) is 0. The summed E-state index contributed by atoms with van der Waals surface area (Å²) in [6, 6.07) is 31.1. The minimum absolute atomic E-state index is 0.0215. The van der Waals surface area contributed by atoms with Gasteiger partial charge in [0, 0.05) is 39.3 Å². The molecule has 0 spiro atoms. The molecule has 0 aliphatic heterocycles. The molecule has 9 nitrogen and oxygen atoms in total. The molecule has 55 heavy (non-hydrogen) atoms. The summed E-state index contributed by atoms with van der Waals surface area (Å²) < 4.78 is 90.3.